The minimum atomic E-state index is -0.337. The number of hydrogen-bond donors (Lipinski definition) is 1. The molecule has 0 aliphatic heterocycles. The highest BCUT2D eigenvalue weighted by molar-refractivity contribution is 9.10. The van der Waals surface area contributed by atoms with Gasteiger partial charge in [0.2, 0.25) is 11.8 Å². The molecule has 0 radical (unpaired) electrons. The third kappa shape index (κ3) is 3.24. The fourth-order valence-corrected chi connectivity index (χ4v) is 2.40. The number of halogens is 2. The zero-order valence-corrected chi connectivity index (χ0v) is 12.5. The van der Waals surface area contributed by atoms with Gasteiger partial charge in [-0.3, -0.25) is 0 Å². The number of nitrogens with zero attached hydrogens (tertiary/aromatic N) is 2. The summed E-state index contributed by atoms with van der Waals surface area (Å²) in [5, 5.41) is 11.4. The molecule has 1 aromatic carbocycles. The molecule has 6 heteroatoms. The summed E-state index contributed by atoms with van der Waals surface area (Å²) in [5.41, 5.74) is 0.583. The van der Waals surface area contributed by atoms with Crippen molar-refractivity contribution in [1.29, 1.82) is 0 Å². The maximum Gasteiger partial charge on any atom is 0.248 e. The predicted octanol–water partition coefficient (Wildman–Crippen LogP) is 3.32. The first-order valence-corrected chi connectivity index (χ1v) is 7.53. The van der Waals surface area contributed by atoms with Gasteiger partial charge in [0.25, 0.3) is 0 Å². The third-order valence-electron chi connectivity index (χ3n) is 3.23. The van der Waals surface area contributed by atoms with E-state index in [2.05, 4.69) is 31.4 Å². The minimum Gasteiger partial charge on any atom is -0.421 e. The molecule has 1 N–H and O–H groups in total. The number of nitrogens with one attached hydrogen (secondary N) is 1. The molecule has 1 aromatic heterocycles. The molecule has 2 aromatic rings. The van der Waals surface area contributed by atoms with Crippen LogP contribution in [0, 0.1) is 5.82 Å². The molecule has 4 nitrogen and oxygen atoms in total. The van der Waals surface area contributed by atoms with Crippen LogP contribution in [0.2, 0.25) is 0 Å². The quantitative estimate of drug-likeness (QED) is 0.820. The topological polar surface area (TPSA) is 51.0 Å². The first-order valence-electron chi connectivity index (χ1n) is 6.74. The second-order valence-corrected chi connectivity index (χ2v) is 5.73. The average Bonchev–Trinajstić information content (AvgIpc) is 3.15. The van der Waals surface area contributed by atoms with Crippen molar-refractivity contribution in [2.24, 2.45) is 0 Å². The van der Waals surface area contributed by atoms with Gasteiger partial charge in [0.1, 0.15) is 5.82 Å². The summed E-state index contributed by atoms with van der Waals surface area (Å²) < 4.78 is 19.4. The molecule has 0 amide bonds. The molecular formula is C14H15BrFN3O. The first kappa shape index (κ1) is 13.7. The predicted molar refractivity (Wildman–Crippen MR) is 76.7 cm³/mol. The lowest BCUT2D eigenvalue weighted by molar-refractivity contribution is 0.490. The highest BCUT2D eigenvalue weighted by Gasteiger charge is 2.19. The summed E-state index contributed by atoms with van der Waals surface area (Å²) >= 11 is 3.20. The van der Waals surface area contributed by atoms with Gasteiger partial charge in [-0.05, 0) is 53.9 Å². The van der Waals surface area contributed by atoms with Gasteiger partial charge >= 0.3 is 0 Å². The van der Waals surface area contributed by atoms with E-state index in [0.717, 1.165) is 25.4 Å². The van der Waals surface area contributed by atoms with Crippen molar-refractivity contribution in [3.63, 3.8) is 0 Å². The lowest BCUT2D eigenvalue weighted by atomic mass is 10.2. The van der Waals surface area contributed by atoms with Crippen LogP contribution in [0.25, 0.3) is 11.5 Å². The summed E-state index contributed by atoms with van der Waals surface area (Å²) in [6.07, 6.45) is 4.28. The standard InChI is InChI=1S/C14H15BrFN3O/c15-13-10(3-1-4-11(13)16)14-19-18-12(20-14)5-2-8-17-9-6-7-9/h1,3-4,9,17H,2,5-8H2. The molecule has 0 bridgehead atoms. The van der Waals surface area contributed by atoms with Crippen molar-refractivity contribution >= 4 is 15.9 Å². The smallest absolute Gasteiger partial charge is 0.248 e. The van der Waals surface area contributed by atoms with Gasteiger partial charge in [-0.25, -0.2) is 4.39 Å². The molecule has 1 fully saturated rings. The lowest BCUT2D eigenvalue weighted by Gasteiger charge is -2.00. The van der Waals surface area contributed by atoms with E-state index in [1.165, 1.54) is 18.9 Å². The molecule has 3 rings (SSSR count). The van der Waals surface area contributed by atoms with E-state index in [4.69, 9.17) is 4.42 Å². The van der Waals surface area contributed by atoms with Crippen molar-refractivity contribution in [2.75, 3.05) is 6.54 Å². The van der Waals surface area contributed by atoms with Gasteiger partial charge in [0, 0.05) is 12.5 Å². The van der Waals surface area contributed by atoms with E-state index in [9.17, 15) is 4.39 Å². The Balaban J connectivity index is 1.62. The Morgan fingerprint density at radius 1 is 1.35 bits per heavy atom. The number of aryl methyl sites for hydroxylation is 1. The molecule has 0 atom stereocenters. The maximum absolute atomic E-state index is 13.5. The first-order chi connectivity index (χ1) is 9.74. The van der Waals surface area contributed by atoms with Crippen LogP contribution in [0.15, 0.2) is 27.1 Å². The van der Waals surface area contributed by atoms with Crippen LogP contribution in [0.3, 0.4) is 0 Å². The molecule has 1 heterocycles. The van der Waals surface area contributed by atoms with Crippen molar-refractivity contribution in [2.45, 2.75) is 31.7 Å². The molecule has 20 heavy (non-hydrogen) atoms. The van der Waals surface area contributed by atoms with Crippen LogP contribution in [0.1, 0.15) is 25.2 Å². The second kappa shape index (κ2) is 6.01. The van der Waals surface area contributed by atoms with Crippen LogP contribution in [-0.4, -0.2) is 22.8 Å². The Morgan fingerprint density at radius 3 is 3.00 bits per heavy atom. The van der Waals surface area contributed by atoms with E-state index in [0.29, 0.717) is 21.8 Å². The van der Waals surface area contributed by atoms with Gasteiger partial charge in [-0.2, -0.15) is 0 Å². The fourth-order valence-electron chi connectivity index (χ4n) is 1.97. The van der Waals surface area contributed by atoms with E-state index in [-0.39, 0.29) is 5.82 Å². The van der Waals surface area contributed by atoms with Gasteiger partial charge in [-0.1, -0.05) is 6.07 Å². The summed E-state index contributed by atoms with van der Waals surface area (Å²) in [6.45, 7) is 0.964. The van der Waals surface area contributed by atoms with Crippen molar-refractivity contribution < 1.29 is 8.81 Å². The second-order valence-electron chi connectivity index (χ2n) is 4.93. The summed E-state index contributed by atoms with van der Waals surface area (Å²) in [6, 6.07) is 5.48. The van der Waals surface area contributed by atoms with E-state index in [1.54, 1.807) is 12.1 Å². The zero-order valence-electron chi connectivity index (χ0n) is 10.9. The van der Waals surface area contributed by atoms with Crippen molar-refractivity contribution in [3.05, 3.63) is 34.4 Å². The lowest BCUT2D eigenvalue weighted by Crippen LogP contribution is -2.17. The molecule has 106 valence electrons. The van der Waals surface area contributed by atoms with E-state index >= 15 is 0 Å². The van der Waals surface area contributed by atoms with Crippen LogP contribution >= 0.6 is 15.9 Å². The maximum atomic E-state index is 13.5. The summed E-state index contributed by atoms with van der Waals surface area (Å²) in [7, 11) is 0. The van der Waals surface area contributed by atoms with Gasteiger partial charge in [0.15, 0.2) is 0 Å². The van der Waals surface area contributed by atoms with E-state index < -0.39 is 0 Å². The van der Waals surface area contributed by atoms with Crippen molar-refractivity contribution in [1.82, 2.24) is 15.5 Å². The summed E-state index contributed by atoms with van der Waals surface area (Å²) in [4.78, 5) is 0. The minimum absolute atomic E-state index is 0.337. The Morgan fingerprint density at radius 2 is 2.20 bits per heavy atom. The average molecular weight is 340 g/mol. The molecule has 1 aliphatic rings. The van der Waals surface area contributed by atoms with Crippen LogP contribution in [0.4, 0.5) is 4.39 Å². The number of aromatic nitrogens is 2. The zero-order chi connectivity index (χ0) is 13.9. The Kier molecular flexibility index (Phi) is 4.12. The molecule has 1 aliphatic carbocycles. The number of rotatable bonds is 6. The molecule has 0 unspecified atom stereocenters. The molecule has 0 saturated heterocycles. The third-order valence-corrected chi connectivity index (χ3v) is 4.03. The molecule has 0 spiro atoms. The van der Waals surface area contributed by atoms with Crippen LogP contribution < -0.4 is 5.32 Å². The Hall–Kier alpha value is -1.27. The Labute approximate surface area is 124 Å². The van der Waals surface area contributed by atoms with Gasteiger partial charge < -0.3 is 9.73 Å². The molecule has 1 saturated carbocycles. The van der Waals surface area contributed by atoms with Crippen molar-refractivity contribution in [3.8, 4) is 11.5 Å². The number of benzene rings is 1. The normalized spacial score (nSPS) is 14.7. The monoisotopic (exact) mass is 339 g/mol. The SMILES string of the molecule is Fc1cccc(-c2nnc(CCCNC3CC3)o2)c1Br. The van der Waals surface area contributed by atoms with Crippen LogP contribution in [-0.2, 0) is 6.42 Å². The fraction of sp³-hybridized carbons (Fsp3) is 0.429. The van der Waals surface area contributed by atoms with Gasteiger partial charge in [0.05, 0.1) is 10.0 Å². The summed E-state index contributed by atoms with van der Waals surface area (Å²) in [5.74, 6) is 0.603. The van der Waals surface area contributed by atoms with Gasteiger partial charge in [-0.15, -0.1) is 10.2 Å². The largest absolute Gasteiger partial charge is 0.421 e. The highest BCUT2D eigenvalue weighted by atomic mass is 79.9. The highest BCUT2D eigenvalue weighted by Crippen LogP contribution is 2.29. The Bertz CT molecular complexity index is 598. The van der Waals surface area contributed by atoms with Crippen LogP contribution in [0.5, 0.6) is 0 Å². The van der Waals surface area contributed by atoms with E-state index in [1.807, 2.05) is 0 Å². The number of hydrogen-bond acceptors (Lipinski definition) is 4. The molecular weight excluding hydrogens is 325 g/mol.